The molecule has 80 valence electrons. The zero-order valence-electron chi connectivity index (χ0n) is 8.38. The fourth-order valence-electron chi connectivity index (χ4n) is 1.000. The van der Waals surface area contributed by atoms with E-state index in [1.165, 1.54) is 11.3 Å². The second-order valence-electron chi connectivity index (χ2n) is 3.22. The fraction of sp³-hybridized carbons (Fsp3) is 0.667. The Morgan fingerprint density at radius 3 is 2.79 bits per heavy atom. The Labute approximate surface area is 87.7 Å². The van der Waals surface area contributed by atoms with E-state index < -0.39 is 6.10 Å². The Morgan fingerprint density at radius 2 is 2.36 bits per heavy atom. The Kier molecular flexibility index (Phi) is 4.47. The summed E-state index contributed by atoms with van der Waals surface area (Å²) in [6, 6.07) is 0. The zero-order chi connectivity index (χ0) is 10.6. The van der Waals surface area contributed by atoms with Crippen molar-refractivity contribution in [1.29, 1.82) is 0 Å². The first-order chi connectivity index (χ1) is 6.65. The van der Waals surface area contributed by atoms with Crippen LogP contribution < -0.4 is 5.73 Å². The van der Waals surface area contributed by atoms with Crippen LogP contribution in [0, 0.1) is 0 Å². The molecule has 0 saturated carbocycles. The number of nitrogens with zero attached hydrogens (tertiary/aromatic N) is 1. The normalized spacial score (nSPS) is 17.7. The van der Waals surface area contributed by atoms with Crippen LogP contribution in [-0.2, 0) is 4.74 Å². The largest absolute Gasteiger partial charge is 0.391 e. The summed E-state index contributed by atoms with van der Waals surface area (Å²) in [4.78, 5) is 4.13. The first-order valence-electron chi connectivity index (χ1n) is 4.56. The Hall–Kier alpha value is -0.490. The molecule has 1 rings (SSSR count). The standard InChI is InChI=1S/C9H16N2O2S/c1-6(12)7(2)13-9(3-10)8-4-14-5-11-8/h4-7,9,12H,3,10H2,1-2H3. The van der Waals surface area contributed by atoms with Crippen LogP contribution in [-0.4, -0.2) is 28.8 Å². The third-order valence-corrected chi connectivity index (χ3v) is 2.66. The van der Waals surface area contributed by atoms with E-state index in [0.717, 1.165) is 5.69 Å². The van der Waals surface area contributed by atoms with Crippen molar-refractivity contribution in [1.82, 2.24) is 4.98 Å². The van der Waals surface area contributed by atoms with E-state index in [-0.39, 0.29) is 12.2 Å². The van der Waals surface area contributed by atoms with Gasteiger partial charge >= 0.3 is 0 Å². The summed E-state index contributed by atoms with van der Waals surface area (Å²) in [6.45, 7) is 3.89. The average molecular weight is 216 g/mol. The van der Waals surface area contributed by atoms with E-state index in [9.17, 15) is 5.11 Å². The number of aliphatic hydroxyl groups is 1. The summed E-state index contributed by atoms with van der Waals surface area (Å²) >= 11 is 1.51. The van der Waals surface area contributed by atoms with Crippen LogP contribution in [0.4, 0.5) is 0 Å². The van der Waals surface area contributed by atoms with Crippen LogP contribution in [0.2, 0.25) is 0 Å². The number of hydrogen-bond acceptors (Lipinski definition) is 5. The zero-order valence-corrected chi connectivity index (χ0v) is 9.20. The summed E-state index contributed by atoms with van der Waals surface area (Å²) in [5.41, 5.74) is 8.15. The van der Waals surface area contributed by atoms with Crippen molar-refractivity contribution < 1.29 is 9.84 Å². The maximum atomic E-state index is 9.28. The third-order valence-electron chi connectivity index (χ3n) is 2.05. The van der Waals surface area contributed by atoms with Gasteiger partial charge in [-0.1, -0.05) is 0 Å². The Bertz CT molecular complexity index is 251. The van der Waals surface area contributed by atoms with E-state index in [2.05, 4.69) is 4.98 Å². The quantitative estimate of drug-likeness (QED) is 0.768. The van der Waals surface area contributed by atoms with Crippen molar-refractivity contribution in [3.05, 3.63) is 16.6 Å². The molecular weight excluding hydrogens is 200 g/mol. The highest BCUT2D eigenvalue weighted by molar-refractivity contribution is 7.07. The van der Waals surface area contributed by atoms with Crippen molar-refractivity contribution >= 4 is 11.3 Å². The molecule has 5 heteroatoms. The van der Waals surface area contributed by atoms with Crippen molar-refractivity contribution in [2.45, 2.75) is 32.2 Å². The van der Waals surface area contributed by atoms with Gasteiger partial charge in [0.2, 0.25) is 0 Å². The Morgan fingerprint density at radius 1 is 1.64 bits per heavy atom. The number of nitrogens with two attached hydrogens (primary N) is 1. The molecular formula is C9H16N2O2S. The summed E-state index contributed by atoms with van der Waals surface area (Å²) in [7, 11) is 0. The maximum Gasteiger partial charge on any atom is 0.113 e. The molecule has 0 aromatic carbocycles. The van der Waals surface area contributed by atoms with Gasteiger partial charge in [0.1, 0.15) is 6.10 Å². The van der Waals surface area contributed by atoms with E-state index in [0.29, 0.717) is 6.54 Å². The number of aromatic nitrogens is 1. The molecule has 0 fully saturated rings. The maximum absolute atomic E-state index is 9.28. The topological polar surface area (TPSA) is 68.4 Å². The molecule has 1 aromatic heterocycles. The highest BCUT2D eigenvalue weighted by atomic mass is 32.1. The predicted molar refractivity (Wildman–Crippen MR) is 56.1 cm³/mol. The molecule has 3 N–H and O–H groups in total. The van der Waals surface area contributed by atoms with Crippen molar-refractivity contribution in [2.24, 2.45) is 5.73 Å². The van der Waals surface area contributed by atoms with Gasteiger partial charge in [-0.2, -0.15) is 0 Å². The lowest BCUT2D eigenvalue weighted by molar-refractivity contribution is -0.0604. The molecule has 1 heterocycles. The highest BCUT2D eigenvalue weighted by Gasteiger charge is 2.18. The van der Waals surface area contributed by atoms with Gasteiger partial charge in [-0.05, 0) is 13.8 Å². The average Bonchev–Trinajstić information content (AvgIpc) is 2.66. The molecule has 0 aliphatic heterocycles. The van der Waals surface area contributed by atoms with Gasteiger partial charge in [0.05, 0.1) is 23.4 Å². The molecule has 0 radical (unpaired) electrons. The van der Waals surface area contributed by atoms with Gasteiger partial charge in [0, 0.05) is 11.9 Å². The summed E-state index contributed by atoms with van der Waals surface area (Å²) in [6.07, 6.45) is -0.946. The van der Waals surface area contributed by atoms with Gasteiger partial charge in [0.15, 0.2) is 0 Å². The molecule has 4 nitrogen and oxygen atoms in total. The molecule has 0 aliphatic carbocycles. The van der Waals surface area contributed by atoms with Crippen molar-refractivity contribution in [2.75, 3.05) is 6.54 Å². The number of hydrogen-bond donors (Lipinski definition) is 2. The predicted octanol–water partition coefficient (Wildman–Crippen LogP) is 0.929. The number of aliphatic hydroxyl groups excluding tert-OH is 1. The molecule has 3 atom stereocenters. The minimum absolute atomic E-state index is 0.217. The van der Waals surface area contributed by atoms with E-state index in [1.54, 1.807) is 12.4 Å². The third kappa shape index (κ3) is 3.02. The molecule has 1 aromatic rings. The molecule has 0 amide bonds. The van der Waals surface area contributed by atoms with Gasteiger partial charge in [0.25, 0.3) is 0 Å². The fourth-order valence-corrected chi connectivity index (χ4v) is 1.60. The van der Waals surface area contributed by atoms with Crippen LogP contribution in [0.15, 0.2) is 10.9 Å². The minimum atomic E-state index is -0.498. The number of rotatable bonds is 5. The second kappa shape index (κ2) is 5.41. The number of ether oxygens (including phenoxy) is 1. The van der Waals surface area contributed by atoms with Crippen LogP contribution in [0.1, 0.15) is 25.6 Å². The van der Waals surface area contributed by atoms with Gasteiger partial charge < -0.3 is 15.6 Å². The van der Waals surface area contributed by atoms with Crippen LogP contribution in [0.5, 0.6) is 0 Å². The molecule has 3 unspecified atom stereocenters. The molecule has 0 bridgehead atoms. The molecule has 14 heavy (non-hydrogen) atoms. The minimum Gasteiger partial charge on any atom is -0.391 e. The van der Waals surface area contributed by atoms with E-state index in [1.807, 2.05) is 12.3 Å². The number of thiazole rings is 1. The summed E-state index contributed by atoms with van der Waals surface area (Å²) in [5, 5.41) is 11.2. The van der Waals surface area contributed by atoms with E-state index in [4.69, 9.17) is 10.5 Å². The lowest BCUT2D eigenvalue weighted by Gasteiger charge is -2.21. The summed E-state index contributed by atoms with van der Waals surface area (Å²) < 4.78 is 5.57. The van der Waals surface area contributed by atoms with Gasteiger partial charge in [-0.3, -0.25) is 0 Å². The van der Waals surface area contributed by atoms with E-state index >= 15 is 0 Å². The lowest BCUT2D eigenvalue weighted by Crippen LogP contribution is -2.28. The summed E-state index contributed by atoms with van der Waals surface area (Å²) in [5.74, 6) is 0. The molecule has 0 saturated heterocycles. The van der Waals surface area contributed by atoms with Crippen molar-refractivity contribution in [3.8, 4) is 0 Å². The van der Waals surface area contributed by atoms with Gasteiger partial charge in [-0.15, -0.1) is 11.3 Å². The molecule has 0 spiro atoms. The monoisotopic (exact) mass is 216 g/mol. The first-order valence-corrected chi connectivity index (χ1v) is 5.51. The smallest absolute Gasteiger partial charge is 0.113 e. The van der Waals surface area contributed by atoms with Crippen LogP contribution >= 0.6 is 11.3 Å². The first kappa shape index (κ1) is 11.6. The van der Waals surface area contributed by atoms with Gasteiger partial charge in [-0.25, -0.2) is 4.98 Å². The van der Waals surface area contributed by atoms with Crippen LogP contribution in [0.25, 0.3) is 0 Å². The highest BCUT2D eigenvalue weighted by Crippen LogP contribution is 2.18. The molecule has 0 aliphatic rings. The second-order valence-corrected chi connectivity index (χ2v) is 3.94. The van der Waals surface area contributed by atoms with Crippen LogP contribution in [0.3, 0.4) is 0 Å². The lowest BCUT2D eigenvalue weighted by atomic mass is 10.2. The van der Waals surface area contributed by atoms with Crippen molar-refractivity contribution in [3.63, 3.8) is 0 Å². The SMILES string of the molecule is CC(O)C(C)OC(CN)c1cscn1. The Balaban J connectivity index is 2.56.